The molecule has 0 aromatic heterocycles. The van der Waals surface area contributed by atoms with Gasteiger partial charge in [-0.15, -0.1) is 0 Å². The summed E-state index contributed by atoms with van der Waals surface area (Å²) in [5, 5.41) is 2.74. The van der Waals surface area contributed by atoms with E-state index in [1.807, 2.05) is 6.07 Å². The zero-order valence-corrected chi connectivity index (χ0v) is 13.9. The van der Waals surface area contributed by atoms with Gasteiger partial charge in [-0.05, 0) is 35.4 Å². The van der Waals surface area contributed by atoms with Crippen molar-refractivity contribution in [3.8, 4) is 17.2 Å². The molecule has 1 N–H and O–H groups in total. The topological polar surface area (TPSA) is 56.8 Å². The molecule has 25 heavy (non-hydrogen) atoms. The van der Waals surface area contributed by atoms with Gasteiger partial charge in [0.05, 0.1) is 20.6 Å². The van der Waals surface area contributed by atoms with Crippen molar-refractivity contribution in [1.29, 1.82) is 0 Å². The fraction of sp³-hybridized carbons (Fsp3) is 0.278. The van der Waals surface area contributed by atoms with Crippen LogP contribution >= 0.6 is 0 Å². The zero-order valence-electron chi connectivity index (χ0n) is 13.9. The first-order valence-corrected chi connectivity index (χ1v) is 7.53. The summed E-state index contributed by atoms with van der Waals surface area (Å²) in [6, 6.07) is 11.8. The molecule has 0 radical (unpaired) electrons. The Kier molecular flexibility index (Phi) is 6.56. The highest BCUT2D eigenvalue weighted by Gasteiger charge is 2.12. The SMILES string of the molecule is COc1cccc(CC(=O)NCc2ccc(OC)c(OC(F)F)c2)c1. The minimum Gasteiger partial charge on any atom is -0.497 e. The molecule has 0 fully saturated rings. The molecule has 5 nitrogen and oxygen atoms in total. The smallest absolute Gasteiger partial charge is 0.387 e. The minimum atomic E-state index is -2.95. The Morgan fingerprint density at radius 3 is 2.52 bits per heavy atom. The first-order valence-electron chi connectivity index (χ1n) is 7.53. The second-order valence-corrected chi connectivity index (χ2v) is 5.17. The van der Waals surface area contributed by atoms with Crippen LogP contribution in [0.15, 0.2) is 42.5 Å². The quantitative estimate of drug-likeness (QED) is 0.794. The first-order chi connectivity index (χ1) is 12.0. The van der Waals surface area contributed by atoms with Crippen LogP contribution in [-0.2, 0) is 17.8 Å². The van der Waals surface area contributed by atoms with Crippen LogP contribution in [0.3, 0.4) is 0 Å². The van der Waals surface area contributed by atoms with E-state index in [1.165, 1.54) is 19.2 Å². The van der Waals surface area contributed by atoms with E-state index in [-0.39, 0.29) is 30.4 Å². The van der Waals surface area contributed by atoms with Crippen LogP contribution in [0, 0.1) is 0 Å². The molecule has 0 unspecified atom stereocenters. The molecule has 0 aliphatic carbocycles. The van der Waals surface area contributed by atoms with Crippen molar-refractivity contribution in [1.82, 2.24) is 5.32 Å². The van der Waals surface area contributed by atoms with Gasteiger partial charge in [-0.1, -0.05) is 18.2 Å². The van der Waals surface area contributed by atoms with Gasteiger partial charge in [0, 0.05) is 6.54 Å². The standard InChI is InChI=1S/C18H19F2NO4/c1-23-14-5-3-4-12(8-14)10-17(22)21-11-13-6-7-15(24-2)16(9-13)25-18(19)20/h3-9,18H,10-11H2,1-2H3,(H,21,22). The van der Waals surface area contributed by atoms with E-state index in [4.69, 9.17) is 9.47 Å². The molecule has 134 valence electrons. The molecule has 2 aromatic rings. The van der Waals surface area contributed by atoms with Crippen LogP contribution in [0.5, 0.6) is 17.2 Å². The van der Waals surface area contributed by atoms with Crippen molar-refractivity contribution < 1.29 is 27.8 Å². The number of carbonyl (C=O) groups excluding carboxylic acids is 1. The number of alkyl halides is 2. The van der Waals surface area contributed by atoms with E-state index >= 15 is 0 Å². The maximum atomic E-state index is 12.4. The molecule has 1 amide bonds. The Morgan fingerprint density at radius 1 is 1.04 bits per heavy atom. The molecular weight excluding hydrogens is 332 g/mol. The molecule has 0 aliphatic heterocycles. The summed E-state index contributed by atoms with van der Waals surface area (Å²) in [4.78, 5) is 12.0. The van der Waals surface area contributed by atoms with Crippen LogP contribution in [0.4, 0.5) is 8.78 Å². The maximum Gasteiger partial charge on any atom is 0.387 e. The number of rotatable bonds is 8. The van der Waals surface area contributed by atoms with Crippen molar-refractivity contribution in [2.75, 3.05) is 14.2 Å². The molecule has 2 rings (SSSR count). The summed E-state index contributed by atoms with van der Waals surface area (Å²) < 4.78 is 39.4. The Balaban J connectivity index is 1.96. The van der Waals surface area contributed by atoms with Crippen molar-refractivity contribution in [3.05, 3.63) is 53.6 Å². The van der Waals surface area contributed by atoms with Gasteiger partial charge in [-0.25, -0.2) is 0 Å². The Bertz CT molecular complexity index is 722. The van der Waals surface area contributed by atoms with Gasteiger partial charge >= 0.3 is 6.61 Å². The molecule has 7 heteroatoms. The molecule has 0 bridgehead atoms. The lowest BCUT2D eigenvalue weighted by Crippen LogP contribution is -2.24. The monoisotopic (exact) mass is 351 g/mol. The van der Waals surface area contributed by atoms with Gasteiger partial charge < -0.3 is 19.5 Å². The number of amides is 1. The first kappa shape index (κ1) is 18.5. The van der Waals surface area contributed by atoms with Crippen molar-refractivity contribution in [2.24, 2.45) is 0 Å². The normalized spacial score (nSPS) is 10.4. The van der Waals surface area contributed by atoms with Crippen LogP contribution in [-0.4, -0.2) is 26.7 Å². The molecule has 0 spiro atoms. The summed E-state index contributed by atoms with van der Waals surface area (Å²) in [6.07, 6.45) is 0.188. The Morgan fingerprint density at radius 2 is 1.84 bits per heavy atom. The molecule has 0 saturated carbocycles. The number of carbonyl (C=O) groups is 1. The van der Waals surface area contributed by atoms with E-state index in [2.05, 4.69) is 10.1 Å². The third-order valence-electron chi connectivity index (χ3n) is 3.43. The van der Waals surface area contributed by atoms with Gasteiger partial charge in [0.15, 0.2) is 11.5 Å². The van der Waals surface area contributed by atoms with Crippen LogP contribution in [0.1, 0.15) is 11.1 Å². The van der Waals surface area contributed by atoms with E-state index in [0.29, 0.717) is 11.3 Å². The van der Waals surface area contributed by atoms with Gasteiger partial charge in [0.1, 0.15) is 5.75 Å². The highest BCUT2D eigenvalue weighted by molar-refractivity contribution is 5.78. The van der Waals surface area contributed by atoms with Crippen LogP contribution in [0.2, 0.25) is 0 Å². The van der Waals surface area contributed by atoms with Gasteiger partial charge in [-0.2, -0.15) is 8.78 Å². The lowest BCUT2D eigenvalue weighted by Gasteiger charge is -2.12. The predicted molar refractivity (Wildman–Crippen MR) is 88.2 cm³/mol. The number of hydrogen-bond acceptors (Lipinski definition) is 4. The second kappa shape index (κ2) is 8.86. The van der Waals surface area contributed by atoms with Crippen molar-refractivity contribution in [3.63, 3.8) is 0 Å². The van der Waals surface area contributed by atoms with E-state index in [9.17, 15) is 13.6 Å². The highest BCUT2D eigenvalue weighted by atomic mass is 19.3. The molecular formula is C18H19F2NO4. The molecule has 0 heterocycles. The van der Waals surface area contributed by atoms with Crippen molar-refractivity contribution >= 4 is 5.91 Å². The lowest BCUT2D eigenvalue weighted by molar-refractivity contribution is -0.120. The number of hydrogen-bond donors (Lipinski definition) is 1. The minimum absolute atomic E-state index is 0.0722. The molecule has 0 aliphatic rings. The number of ether oxygens (including phenoxy) is 3. The molecule has 2 aromatic carbocycles. The predicted octanol–water partition coefficient (Wildman–Crippen LogP) is 3.16. The van der Waals surface area contributed by atoms with Crippen molar-refractivity contribution in [2.45, 2.75) is 19.6 Å². The Hall–Kier alpha value is -2.83. The summed E-state index contributed by atoms with van der Waals surface area (Å²) in [5.41, 5.74) is 1.43. The number of benzene rings is 2. The summed E-state index contributed by atoms with van der Waals surface area (Å²) >= 11 is 0. The molecule has 0 atom stereocenters. The van der Waals surface area contributed by atoms with Crippen LogP contribution in [0.25, 0.3) is 0 Å². The average Bonchev–Trinajstić information content (AvgIpc) is 2.60. The number of methoxy groups -OCH3 is 2. The highest BCUT2D eigenvalue weighted by Crippen LogP contribution is 2.29. The van der Waals surface area contributed by atoms with E-state index < -0.39 is 6.61 Å². The van der Waals surface area contributed by atoms with E-state index in [0.717, 1.165) is 5.56 Å². The van der Waals surface area contributed by atoms with Gasteiger partial charge in [-0.3, -0.25) is 4.79 Å². The largest absolute Gasteiger partial charge is 0.497 e. The maximum absolute atomic E-state index is 12.4. The van der Waals surface area contributed by atoms with Gasteiger partial charge in [0.25, 0.3) is 0 Å². The summed E-state index contributed by atoms with van der Waals surface area (Å²) in [6.45, 7) is -2.77. The van der Waals surface area contributed by atoms with Crippen LogP contribution < -0.4 is 19.5 Å². The van der Waals surface area contributed by atoms with Gasteiger partial charge in [0.2, 0.25) is 5.91 Å². The summed E-state index contributed by atoms with van der Waals surface area (Å²) in [7, 11) is 2.92. The Labute approximate surface area is 144 Å². The van der Waals surface area contributed by atoms with E-state index in [1.54, 1.807) is 31.4 Å². The second-order valence-electron chi connectivity index (χ2n) is 5.17. The lowest BCUT2D eigenvalue weighted by atomic mass is 10.1. The molecule has 0 saturated heterocycles. The summed E-state index contributed by atoms with van der Waals surface area (Å²) in [5.74, 6) is 0.610. The zero-order chi connectivity index (χ0) is 18.2. The average molecular weight is 351 g/mol. The number of halogens is 2. The fourth-order valence-corrected chi connectivity index (χ4v) is 2.25. The number of nitrogens with one attached hydrogen (secondary N) is 1. The third-order valence-corrected chi connectivity index (χ3v) is 3.43. The fourth-order valence-electron chi connectivity index (χ4n) is 2.25. The third kappa shape index (κ3) is 5.63.